The minimum atomic E-state index is 0.358. The predicted octanol–water partition coefficient (Wildman–Crippen LogP) is 3.62. The highest BCUT2D eigenvalue weighted by Crippen LogP contribution is 2.19. The second kappa shape index (κ2) is 7.69. The number of anilines is 1. The first-order valence-electron chi connectivity index (χ1n) is 6.58. The molecular weight excluding hydrogens is 344 g/mol. The second-order valence-corrected chi connectivity index (χ2v) is 5.53. The highest BCUT2D eigenvalue weighted by atomic mass is 79.9. The van der Waals surface area contributed by atoms with E-state index in [1.165, 1.54) is 0 Å². The highest BCUT2D eigenvalue weighted by molar-refractivity contribution is 9.10. The van der Waals surface area contributed by atoms with E-state index in [0.717, 1.165) is 21.3 Å². The van der Waals surface area contributed by atoms with Crippen LogP contribution in [-0.2, 0) is 11.3 Å². The van der Waals surface area contributed by atoms with Gasteiger partial charge in [0.15, 0.2) is 5.82 Å². The van der Waals surface area contributed by atoms with Gasteiger partial charge in [-0.1, -0.05) is 28.1 Å². The molecule has 0 aliphatic carbocycles. The van der Waals surface area contributed by atoms with E-state index >= 15 is 0 Å². The Bertz CT molecular complexity index is 720. The van der Waals surface area contributed by atoms with Gasteiger partial charge in [-0.05, 0) is 30.7 Å². The lowest BCUT2D eigenvalue weighted by Crippen LogP contribution is -2.03. The fourth-order valence-electron chi connectivity index (χ4n) is 1.93. The summed E-state index contributed by atoms with van der Waals surface area (Å²) in [5.41, 5.74) is 5.81. The average Bonchev–Trinajstić information content (AvgIpc) is 2.49. The van der Waals surface area contributed by atoms with E-state index in [2.05, 4.69) is 37.5 Å². The number of hydrogen-bond acceptors (Lipinski definition) is 5. The van der Waals surface area contributed by atoms with Gasteiger partial charge in [0.1, 0.15) is 11.6 Å². The zero-order chi connectivity index (χ0) is 15.9. The first-order chi connectivity index (χ1) is 10.6. The van der Waals surface area contributed by atoms with Crippen molar-refractivity contribution in [3.63, 3.8) is 0 Å². The van der Waals surface area contributed by atoms with Crippen molar-refractivity contribution in [1.82, 2.24) is 4.98 Å². The number of halogens is 1. The third-order valence-electron chi connectivity index (χ3n) is 2.89. The molecule has 112 valence electrons. The summed E-state index contributed by atoms with van der Waals surface area (Å²) in [5.74, 6) is 0.433. The number of rotatable bonds is 5. The molecule has 1 aromatic heterocycles. The molecule has 0 saturated heterocycles. The zero-order valence-electron chi connectivity index (χ0n) is 12.3. The molecule has 0 amide bonds. The molecule has 0 saturated carbocycles. The number of ether oxygens (including phenoxy) is 1. The number of hydrazone groups is 1. The normalized spacial score (nSPS) is 10.6. The number of nitrogens with zero attached hydrogens (tertiary/aromatic N) is 3. The quantitative estimate of drug-likeness (QED) is 0.654. The van der Waals surface area contributed by atoms with Gasteiger partial charge in [0.05, 0.1) is 12.8 Å². The van der Waals surface area contributed by atoms with E-state index in [0.29, 0.717) is 18.0 Å². The summed E-state index contributed by atoms with van der Waals surface area (Å²) < 4.78 is 6.12. The molecule has 0 spiro atoms. The first kappa shape index (κ1) is 16.1. The van der Waals surface area contributed by atoms with Crippen molar-refractivity contribution in [3.8, 4) is 6.07 Å². The van der Waals surface area contributed by atoms with Crippen LogP contribution in [-0.4, -0.2) is 18.3 Å². The molecule has 1 N–H and O–H groups in total. The van der Waals surface area contributed by atoms with Crippen LogP contribution in [0.15, 0.2) is 39.9 Å². The van der Waals surface area contributed by atoms with Crippen molar-refractivity contribution in [3.05, 3.63) is 57.2 Å². The summed E-state index contributed by atoms with van der Waals surface area (Å²) >= 11 is 3.38. The summed E-state index contributed by atoms with van der Waals surface area (Å²) in [6.07, 6.45) is 1.67. The summed E-state index contributed by atoms with van der Waals surface area (Å²) in [6, 6.07) is 11.7. The second-order valence-electron chi connectivity index (χ2n) is 4.61. The molecule has 0 bridgehead atoms. The Morgan fingerprint density at radius 2 is 2.14 bits per heavy atom. The van der Waals surface area contributed by atoms with Crippen LogP contribution in [0.5, 0.6) is 0 Å². The van der Waals surface area contributed by atoms with Gasteiger partial charge in [-0.2, -0.15) is 10.4 Å². The molecule has 5 nitrogen and oxygen atoms in total. The number of benzene rings is 1. The average molecular weight is 359 g/mol. The van der Waals surface area contributed by atoms with Crippen LogP contribution in [0.3, 0.4) is 0 Å². The molecule has 2 rings (SSSR count). The van der Waals surface area contributed by atoms with Gasteiger partial charge < -0.3 is 4.74 Å². The topological polar surface area (TPSA) is 70.3 Å². The number of methoxy groups -OCH3 is 1. The summed E-state index contributed by atoms with van der Waals surface area (Å²) in [5, 5.41) is 13.5. The van der Waals surface area contributed by atoms with Gasteiger partial charge in [0.25, 0.3) is 0 Å². The van der Waals surface area contributed by atoms with Crippen molar-refractivity contribution < 1.29 is 4.74 Å². The first-order valence-corrected chi connectivity index (χ1v) is 7.37. The molecule has 22 heavy (non-hydrogen) atoms. The Morgan fingerprint density at radius 3 is 2.77 bits per heavy atom. The number of aryl methyl sites for hydroxylation is 1. The molecule has 0 fully saturated rings. The third kappa shape index (κ3) is 4.13. The third-order valence-corrected chi connectivity index (χ3v) is 3.42. The van der Waals surface area contributed by atoms with Gasteiger partial charge in [-0.3, -0.25) is 5.43 Å². The number of nitriles is 1. The molecule has 0 unspecified atom stereocenters. The molecule has 2 aromatic rings. The maximum Gasteiger partial charge on any atom is 0.164 e. The monoisotopic (exact) mass is 358 g/mol. The maximum absolute atomic E-state index is 9.32. The largest absolute Gasteiger partial charge is 0.380 e. The standard InChI is InChI=1S/C16H15BrN4O/c1-11-7-13(10-22-2)15(8-18)16(20-11)21-19-9-12-3-5-14(17)6-4-12/h3-7,9H,10H2,1-2H3,(H,20,21)/b19-9+. The Hall–Kier alpha value is -2.23. The van der Waals surface area contributed by atoms with Crippen LogP contribution in [0, 0.1) is 18.3 Å². The minimum Gasteiger partial charge on any atom is -0.380 e. The Morgan fingerprint density at radius 1 is 1.41 bits per heavy atom. The van der Waals surface area contributed by atoms with Gasteiger partial charge in [0, 0.05) is 22.8 Å². The van der Waals surface area contributed by atoms with E-state index in [-0.39, 0.29) is 0 Å². The van der Waals surface area contributed by atoms with Crippen molar-refractivity contribution in [2.24, 2.45) is 5.10 Å². The van der Waals surface area contributed by atoms with Crippen LogP contribution in [0.1, 0.15) is 22.4 Å². The van der Waals surface area contributed by atoms with Gasteiger partial charge in [0.2, 0.25) is 0 Å². The summed E-state index contributed by atoms with van der Waals surface area (Å²) in [7, 11) is 1.59. The zero-order valence-corrected chi connectivity index (χ0v) is 13.9. The van der Waals surface area contributed by atoms with Crippen LogP contribution in [0.4, 0.5) is 5.82 Å². The predicted molar refractivity (Wildman–Crippen MR) is 89.8 cm³/mol. The SMILES string of the molecule is COCc1cc(C)nc(N/N=C/c2ccc(Br)cc2)c1C#N. The van der Waals surface area contributed by atoms with Crippen molar-refractivity contribution >= 4 is 28.0 Å². The lowest BCUT2D eigenvalue weighted by molar-refractivity contribution is 0.184. The Balaban J connectivity index is 2.22. The van der Waals surface area contributed by atoms with Crippen LogP contribution >= 0.6 is 15.9 Å². The number of pyridine rings is 1. The fraction of sp³-hybridized carbons (Fsp3) is 0.188. The van der Waals surface area contributed by atoms with Gasteiger partial charge in [-0.25, -0.2) is 4.98 Å². The van der Waals surface area contributed by atoms with Gasteiger partial charge in [-0.15, -0.1) is 0 Å². The van der Waals surface area contributed by atoms with E-state index in [4.69, 9.17) is 4.74 Å². The molecule has 0 aliphatic rings. The van der Waals surface area contributed by atoms with Crippen molar-refractivity contribution in [1.29, 1.82) is 5.26 Å². The highest BCUT2D eigenvalue weighted by Gasteiger charge is 2.10. The smallest absolute Gasteiger partial charge is 0.164 e. The van der Waals surface area contributed by atoms with E-state index < -0.39 is 0 Å². The van der Waals surface area contributed by atoms with Crippen LogP contribution in [0.2, 0.25) is 0 Å². The molecule has 1 heterocycles. The number of hydrogen-bond donors (Lipinski definition) is 1. The summed E-state index contributed by atoms with van der Waals surface area (Å²) in [6.45, 7) is 2.22. The molecular formula is C16H15BrN4O. The number of nitrogens with one attached hydrogen (secondary N) is 1. The van der Waals surface area contributed by atoms with Crippen LogP contribution in [0.25, 0.3) is 0 Å². The fourth-order valence-corrected chi connectivity index (χ4v) is 2.20. The van der Waals surface area contributed by atoms with Gasteiger partial charge >= 0.3 is 0 Å². The molecule has 0 aliphatic heterocycles. The van der Waals surface area contributed by atoms with E-state index in [1.54, 1.807) is 13.3 Å². The molecule has 0 atom stereocenters. The maximum atomic E-state index is 9.32. The van der Waals surface area contributed by atoms with E-state index in [1.807, 2.05) is 37.3 Å². The Kier molecular flexibility index (Phi) is 5.64. The lowest BCUT2D eigenvalue weighted by Gasteiger charge is -2.09. The molecule has 0 radical (unpaired) electrons. The van der Waals surface area contributed by atoms with Crippen molar-refractivity contribution in [2.75, 3.05) is 12.5 Å². The lowest BCUT2D eigenvalue weighted by atomic mass is 10.1. The van der Waals surface area contributed by atoms with Crippen molar-refractivity contribution in [2.45, 2.75) is 13.5 Å². The summed E-state index contributed by atoms with van der Waals surface area (Å²) in [4.78, 5) is 4.32. The Labute approximate surface area is 137 Å². The number of aromatic nitrogens is 1. The molecule has 1 aromatic carbocycles. The van der Waals surface area contributed by atoms with Crippen LogP contribution < -0.4 is 5.43 Å². The molecule has 6 heteroatoms. The van der Waals surface area contributed by atoms with E-state index in [9.17, 15) is 5.26 Å². The minimum absolute atomic E-state index is 0.358.